The largest absolute Gasteiger partial charge is 0.478 e. The van der Waals surface area contributed by atoms with Gasteiger partial charge in [0.15, 0.2) is 5.82 Å². The second kappa shape index (κ2) is 15.1. The van der Waals surface area contributed by atoms with Crippen molar-refractivity contribution in [3.8, 4) is 11.1 Å². The number of aromatic nitrogens is 3. The van der Waals surface area contributed by atoms with Crippen LogP contribution in [-0.4, -0.2) is 105 Å². The maximum atomic E-state index is 17.0. The molecule has 6 heterocycles. The number of amides is 1. The van der Waals surface area contributed by atoms with Crippen LogP contribution in [0.1, 0.15) is 29.9 Å². The molecule has 1 amide bonds. The number of carboxylic acids is 2. The van der Waals surface area contributed by atoms with Crippen molar-refractivity contribution in [1.82, 2.24) is 24.2 Å². The summed E-state index contributed by atoms with van der Waals surface area (Å²) in [5.74, 6) is -5.55. The molecule has 17 heteroatoms. The maximum absolute atomic E-state index is 17.0. The summed E-state index contributed by atoms with van der Waals surface area (Å²) in [4.78, 5) is 72.4. The SMILES string of the molecule is C.C=C(F)/C=C(\c1[nH]c2ncc(-c3ccc4ccc(C(=O)O)c(=O)n4c3)c(N3CC[C@H]4CN(C)CC43)c2c1F)N(C)C(=O)OCOC(=O)/C=C/C(=O)O. The lowest BCUT2D eigenvalue weighted by Crippen LogP contribution is -2.35. The summed E-state index contributed by atoms with van der Waals surface area (Å²) < 4.78 is 42.2. The minimum Gasteiger partial charge on any atom is -0.478 e. The first-order valence-electron chi connectivity index (χ1n) is 15.8. The van der Waals surface area contributed by atoms with E-state index in [0.717, 1.165) is 31.0 Å². The molecule has 0 bridgehead atoms. The van der Waals surface area contributed by atoms with E-state index < -0.39 is 53.6 Å². The Morgan fingerprint density at radius 3 is 2.57 bits per heavy atom. The quantitative estimate of drug-likeness (QED) is 0.0899. The van der Waals surface area contributed by atoms with Gasteiger partial charge in [-0.25, -0.2) is 32.9 Å². The molecule has 0 saturated carbocycles. The van der Waals surface area contributed by atoms with E-state index in [0.29, 0.717) is 47.6 Å². The number of nitrogens with zero attached hydrogens (tertiary/aromatic N) is 5. The molecule has 15 nitrogen and oxygen atoms in total. The van der Waals surface area contributed by atoms with E-state index in [1.54, 1.807) is 12.1 Å². The summed E-state index contributed by atoms with van der Waals surface area (Å²) in [6.45, 7) is 4.36. The molecule has 2 aliphatic heterocycles. The molecule has 53 heavy (non-hydrogen) atoms. The fraction of sp³-hybridized carbons (Fsp3) is 0.278. The number of carbonyl (C=O) groups is 4. The van der Waals surface area contributed by atoms with Crippen LogP contribution in [0.4, 0.5) is 19.3 Å². The number of rotatable bonds is 10. The zero-order valence-electron chi connectivity index (χ0n) is 27.8. The lowest BCUT2D eigenvalue weighted by atomic mass is 10.0. The molecule has 6 rings (SSSR count). The first-order chi connectivity index (χ1) is 24.7. The zero-order valence-corrected chi connectivity index (χ0v) is 27.8. The number of aromatic carboxylic acids is 1. The highest BCUT2D eigenvalue weighted by Crippen LogP contribution is 2.45. The molecule has 2 saturated heterocycles. The standard InChI is InChI=1S/C35H32F2N6O9.CH4/c1-18(36)12-24(41(3)35(50)52-17-51-27(46)9-8-26(44)45)30-29(37)28-31(42-11-10-20-14-40(2)16-25(20)42)23(13-38-32(28)39-30)19-4-5-21-6-7-22(34(48)49)33(47)43(21)15-19;/h4-9,12-13,15,20,25H,1,10-11,14,16-17H2,2-3H3,(H,38,39)(H,44,45)(H,48,49);1H4/b9-8+,24-12+;/t20-,25?;/m0./s1. The number of anilines is 1. The van der Waals surface area contributed by atoms with Crippen molar-refractivity contribution in [3.63, 3.8) is 0 Å². The van der Waals surface area contributed by atoms with E-state index in [1.165, 1.54) is 28.9 Å². The lowest BCUT2D eigenvalue weighted by Gasteiger charge is -2.29. The van der Waals surface area contributed by atoms with Gasteiger partial charge in [-0.2, -0.15) is 0 Å². The van der Waals surface area contributed by atoms with E-state index in [2.05, 4.69) is 31.1 Å². The first kappa shape index (κ1) is 37.9. The van der Waals surface area contributed by atoms with Crippen molar-refractivity contribution in [3.05, 3.63) is 94.7 Å². The topological polar surface area (TPSA) is 187 Å². The molecule has 0 aromatic carbocycles. The van der Waals surface area contributed by atoms with Crippen LogP contribution in [0, 0.1) is 11.7 Å². The number of aromatic amines is 1. The van der Waals surface area contributed by atoms with E-state index in [1.807, 2.05) is 7.05 Å². The van der Waals surface area contributed by atoms with Gasteiger partial charge in [0, 0.05) is 73.9 Å². The lowest BCUT2D eigenvalue weighted by molar-refractivity contribution is -0.146. The fourth-order valence-corrected chi connectivity index (χ4v) is 6.76. The summed E-state index contributed by atoms with van der Waals surface area (Å²) in [5.41, 5.74) is -0.0662. The molecule has 0 spiro atoms. The number of H-pyrrole nitrogens is 1. The highest BCUT2D eigenvalue weighted by molar-refractivity contribution is 6.02. The van der Waals surface area contributed by atoms with Crippen LogP contribution in [-0.2, 0) is 19.1 Å². The van der Waals surface area contributed by atoms with Crippen LogP contribution in [0.5, 0.6) is 0 Å². The minimum atomic E-state index is -1.40. The van der Waals surface area contributed by atoms with Crippen molar-refractivity contribution < 1.29 is 47.6 Å². The van der Waals surface area contributed by atoms with E-state index >= 15 is 4.39 Å². The third kappa shape index (κ3) is 7.36. The average molecular weight is 735 g/mol. The molecule has 0 radical (unpaired) electrons. The second-order valence-corrected chi connectivity index (χ2v) is 12.4. The molecule has 2 aliphatic rings. The average Bonchev–Trinajstić information content (AvgIpc) is 3.77. The summed E-state index contributed by atoms with van der Waals surface area (Å²) >= 11 is 0. The highest BCUT2D eigenvalue weighted by atomic mass is 19.1. The second-order valence-electron chi connectivity index (χ2n) is 12.4. The summed E-state index contributed by atoms with van der Waals surface area (Å²) in [5, 5.41) is 18.2. The number of esters is 1. The Bertz CT molecular complexity index is 2280. The van der Waals surface area contributed by atoms with Crippen LogP contribution in [0.2, 0.25) is 0 Å². The van der Waals surface area contributed by atoms with Crippen molar-refractivity contribution in [1.29, 1.82) is 0 Å². The number of fused-ring (bicyclic) bond motifs is 3. The number of aliphatic carboxylic acids is 1. The van der Waals surface area contributed by atoms with Crippen LogP contribution >= 0.6 is 0 Å². The number of nitrogens with one attached hydrogen (secondary N) is 1. The smallest absolute Gasteiger partial charge is 0.416 e. The van der Waals surface area contributed by atoms with Crippen molar-refractivity contribution in [2.75, 3.05) is 45.4 Å². The molecule has 4 aromatic heterocycles. The molecule has 2 atom stereocenters. The van der Waals surface area contributed by atoms with Gasteiger partial charge in [0.05, 0.1) is 16.8 Å². The number of likely N-dealkylation sites (N-methyl/N-ethyl adjacent to an activating group) is 1. The van der Waals surface area contributed by atoms with Gasteiger partial charge >= 0.3 is 24.0 Å². The van der Waals surface area contributed by atoms with Crippen molar-refractivity contribution >= 4 is 51.9 Å². The number of pyridine rings is 3. The van der Waals surface area contributed by atoms with Crippen LogP contribution in [0.25, 0.3) is 33.4 Å². The van der Waals surface area contributed by atoms with E-state index in [4.69, 9.17) is 9.84 Å². The predicted octanol–water partition coefficient (Wildman–Crippen LogP) is 4.49. The van der Waals surface area contributed by atoms with Gasteiger partial charge in [0.1, 0.15) is 22.7 Å². The van der Waals surface area contributed by atoms with Crippen molar-refractivity contribution in [2.24, 2.45) is 5.92 Å². The van der Waals surface area contributed by atoms with Gasteiger partial charge in [-0.3, -0.25) is 14.1 Å². The third-order valence-electron chi connectivity index (χ3n) is 9.07. The molecule has 4 aromatic rings. The van der Waals surface area contributed by atoms with E-state index in [-0.39, 0.29) is 41.8 Å². The molecular formula is C36H36F2N6O9. The molecule has 0 aliphatic carbocycles. The molecule has 278 valence electrons. The van der Waals surface area contributed by atoms with Crippen LogP contribution in [0.15, 0.2) is 72.1 Å². The molecule has 3 N–H and O–H groups in total. The van der Waals surface area contributed by atoms with Gasteiger partial charge in [-0.15, -0.1) is 0 Å². The fourth-order valence-electron chi connectivity index (χ4n) is 6.76. The van der Waals surface area contributed by atoms with Gasteiger partial charge in [0.2, 0.25) is 6.79 Å². The Labute approximate surface area is 300 Å². The summed E-state index contributed by atoms with van der Waals surface area (Å²) in [6, 6.07) is 6.07. The Morgan fingerprint density at radius 2 is 1.87 bits per heavy atom. The first-order valence-corrected chi connectivity index (χ1v) is 15.8. The van der Waals surface area contributed by atoms with E-state index in [9.17, 15) is 33.5 Å². The van der Waals surface area contributed by atoms with Gasteiger partial charge < -0.3 is 34.5 Å². The summed E-state index contributed by atoms with van der Waals surface area (Å²) in [7, 11) is 3.15. The maximum Gasteiger partial charge on any atom is 0.416 e. The highest BCUT2D eigenvalue weighted by Gasteiger charge is 2.42. The van der Waals surface area contributed by atoms with Crippen LogP contribution in [0.3, 0.4) is 0 Å². The molecule has 2 fully saturated rings. The Morgan fingerprint density at radius 1 is 1.13 bits per heavy atom. The van der Waals surface area contributed by atoms with Crippen LogP contribution < -0.4 is 10.5 Å². The van der Waals surface area contributed by atoms with Gasteiger partial charge in [-0.1, -0.05) is 20.1 Å². The van der Waals surface area contributed by atoms with Gasteiger partial charge in [-0.05, 0) is 43.7 Å². The number of likely N-dealkylation sites (tertiary alicyclic amines) is 1. The number of ether oxygens (including phenoxy) is 2. The summed E-state index contributed by atoms with van der Waals surface area (Å²) in [6.07, 6.45) is 4.53. The number of halogens is 2. The molecular weight excluding hydrogens is 698 g/mol. The Kier molecular flexibility index (Phi) is 10.8. The number of carboxylic acid groups (broad SMARTS) is 2. The monoisotopic (exact) mass is 734 g/mol. The molecule has 1 unspecified atom stereocenters. The minimum absolute atomic E-state index is 0. The van der Waals surface area contributed by atoms with Crippen molar-refractivity contribution in [2.45, 2.75) is 19.9 Å². The van der Waals surface area contributed by atoms with Gasteiger partial charge in [0.25, 0.3) is 5.56 Å². The number of hydrogen-bond acceptors (Lipinski definition) is 10. The Hall–Kier alpha value is -6.36. The zero-order chi connectivity index (χ0) is 37.4. The normalized spacial score (nSPS) is 17.2. The number of carbonyl (C=O) groups excluding carboxylic acids is 2. The number of hydrogen-bond donors (Lipinski definition) is 3. The third-order valence-corrected chi connectivity index (χ3v) is 9.07. The Balaban J connectivity index is 0.00000541. The predicted molar refractivity (Wildman–Crippen MR) is 189 cm³/mol. The number of allylic oxidation sites excluding steroid dienone is 2.